The van der Waals surface area contributed by atoms with Crippen LogP contribution in [0.25, 0.3) is 0 Å². The lowest BCUT2D eigenvalue weighted by atomic mass is 10.1. The van der Waals surface area contributed by atoms with E-state index in [9.17, 15) is 0 Å². The third kappa shape index (κ3) is 3.71. The van der Waals surface area contributed by atoms with Crippen LogP contribution in [-0.4, -0.2) is 23.6 Å². The number of aromatic nitrogens is 2. The van der Waals surface area contributed by atoms with E-state index in [1.807, 2.05) is 38.1 Å². The SMILES string of the molecule is COc1cccc(C(CN)Sc2nc(C)cc(C)n2)c1. The fourth-order valence-corrected chi connectivity index (χ4v) is 2.99. The van der Waals surface area contributed by atoms with Gasteiger partial charge in [-0.05, 0) is 37.6 Å². The van der Waals surface area contributed by atoms with Gasteiger partial charge in [-0.2, -0.15) is 0 Å². The van der Waals surface area contributed by atoms with E-state index in [0.717, 1.165) is 27.9 Å². The Morgan fingerprint density at radius 1 is 1.20 bits per heavy atom. The van der Waals surface area contributed by atoms with E-state index < -0.39 is 0 Å². The second-order valence-corrected chi connectivity index (χ2v) is 5.72. The first-order valence-corrected chi connectivity index (χ1v) is 7.33. The van der Waals surface area contributed by atoms with Crippen molar-refractivity contribution in [3.63, 3.8) is 0 Å². The summed E-state index contributed by atoms with van der Waals surface area (Å²) in [6, 6.07) is 9.92. The van der Waals surface area contributed by atoms with Gasteiger partial charge in [0.25, 0.3) is 0 Å². The fraction of sp³-hybridized carbons (Fsp3) is 0.333. The predicted octanol–water partition coefficient (Wildman–Crippen LogP) is 2.89. The standard InChI is InChI=1S/C15H19N3OS/c1-10-7-11(2)18-15(17-10)20-14(9-16)12-5-4-6-13(8-12)19-3/h4-8,14H,9,16H2,1-3H3. The second-order valence-electron chi connectivity index (χ2n) is 4.55. The molecule has 1 unspecified atom stereocenters. The van der Waals surface area contributed by atoms with Crippen LogP contribution in [0.15, 0.2) is 35.5 Å². The lowest BCUT2D eigenvalue weighted by Gasteiger charge is -2.15. The fourth-order valence-electron chi connectivity index (χ4n) is 1.97. The second kappa shape index (κ2) is 6.72. The summed E-state index contributed by atoms with van der Waals surface area (Å²) >= 11 is 1.59. The van der Waals surface area contributed by atoms with Gasteiger partial charge in [0.2, 0.25) is 0 Å². The van der Waals surface area contributed by atoms with E-state index >= 15 is 0 Å². The maximum atomic E-state index is 5.90. The number of hydrogen-bond donors (Lipinski definition) is 1. The first kappa shape index (κ1) is 14.8. The van der Waals surface area contributed by atoms with E-state index in [1.165, 1.54) is 0 Å². The highest BCUT2D eigenvalue weighted by Gasteiger charge is 2.14. The van der Waals surface area contributed by atoms with Crippen molar-refractivity contribution in [3.05, 3.63) is 47.3 Å². The molecule has 1 atom stereocenters. The average molecular weight is 289 g/mol. The molecule has 1 aromatic carbocycles. The Morgan fingerprint density at radius 2 is 1.90 bits per heavy atom. The zero-order valence-corrected chi connectivity index (χ0v) is 12.8. The summed E-state index contributed by atoms with van der Waals surface area (Å²) in [4.78, 5) is 8.91. The summed E-state index contributed by atoms with van der Waals surface area (Å²) in [6.07, 6.45) is 0. The van der Waals surface area contributed by atoms with Crippen LogP contribution in [0.2, 0.25) is 0 Å². The van der Waals surface area contributed by atoms with Crippen LogP contribution in [0.3, 0.4) is 0 Å². The van der Waals surface area contributed by atoms with Gasteiger partial charge in [0.15, 0.2) is 5.16 Å². The normalized spacial score (nSPS) is 12.2. The highest BCUT2D eigenvalue weighted by Crippen LogP contribution is 2.33. The number of methoxy groups -OCH3 is 1. The van der Waals surface area contributed by atoms with Crippen molar-refractivity contribution in [2.24, 2.45) is 5.73 Å². The monoisotopic (exact) mass is 289 g/mol. The van der Waals surface area contributed by atoms with Crippen LogP contribution in [0.5, 0.6) is 5.75 Å². The Morgan fingerprint density at radius 3 is 2.50 bits per heavy atom. The summed E-state index contributed by atoms with van der Waals surface area (Å²) in [5.41, 5.74) is 8.97. The maximum absolute atomic E-state index is 5.90. The highest BCUT2D eigenvalue weighted by molar-refractivity contribution is 7.99. The summed E-state index contributed by atoms with van der Waals surface area (Å²) in [5, 5.41) is 0.882. The molecule has 0 amide bonds. The van der Waals surface area contributed by atoms with Crippen LogP contribution < -0.4 is 10.5 Å². The van der Waals surface area contributed by atoms with E-state index in [4.69, 9.17) is 10.5 Å². The van der Waals surface area contributed by atoms with E-state index in [1.54, 1.807) is 18.9 Å². The van der Waals surface area contributed by atoms with Crippen molar-refractivity contribution in [1.29, 1.82) is 0 Å². The molecule has 2 rings (SSSR count). The molecule has 0 spiro atoms. The zero-order chi connectivity index (χ0) is 14.5. The summed E-state index contributed by atoms with van der Waals surface area (Å²) < 4.78 is 5.26. The van der Waals surface area contributed by atoms with E-state index in [-0.39, 0.29) is 5.25 Å². The Hall–Kier alpha value is -1.59. The van der Waals surface area contributed by atoms with Gasteiger partial charge >= 0.3 is 0 Å². The molecule has 0 fully saturated rings. The summed E-state index contributed by atoms with van der Waals surface area (Å²) in [7, 11) is 1.66. The van der Waals surface area contributed by atoms with Crippen molar-refractivity contribution < 1.29 is 4.74 Å². The zero-order valence-electron chi connectivity index (χ0n) is 12.0. The van der Waals surface area contributed by atoms with Crippen molar-refractivity contribution in [3.8, 4) is 5.75 Å². The van der Waals surface area contributed by atoms with Gasteiger partial charge in [-0.25, -0.2) is 9.97 Å². The molecule has 2 aromatic rings. The summed E-state index contributed by atoms with van der Waals surface area (Å²) in [6.45, 7) is 4.47. The molecule has 0 aliphatic carbocycles. The number of thioether (sulfide) groups is 1. The summed E-state index contributed by atoms with van der Waals surface area (Å²) in [5.74, 6) is 0.836. The average Bonchev–Trinajstić information content (AvgIpc) is 2.44. The molecule has 0 saturated carbocycles. The molecule has 4 nitrogen and oxygen atoms in total. The van der Waals surface area contributed by atoms with Gasteiger partial charge in [0, 0.05) is 23.2 Å². The smallest absolute Gasteiger partial charge is 0.188 e. The van der Waals surface area contributed by atoms with Crippen LogP contribution in [0.4, 0.5) is 0 Å². The van der Waals surface area contributed by atoms with Crippen LogP contribution in [-0.2, 0) is 0 Å². The van der Waals surface area contributed by atoms with Gasteiger partial charge in [-0.15, -0.1) is 0 Å². The molecule has 0 radical (unpaired) electrons. The van der Waals surface area contributed by atoms with Gasteiger partial charge in [-0.3, -0.25) is 0 Å². The first-order valence-electron chi connectivity index (χ1n) is 6.45. The van der Waals surface area contributed by atoms with Gasteiger partial charge in [0.05, 0.1) is 7.11 Å². The number of ether oxygens (including phenoxy) is 1. The van der Waals surface area contributed by atoms with Gasteiger partial charge < -0.3 is 10.5 Å². The number of hydrogen-bond acceptors (Lipinski definition) is 5. The lowest BCUT2D eigenvalue weighted by Crippen LogP contribution is -2.10. The molecule has 0 bridgehead atoms. The van der Waals surface area contributed by atoms with Crippen molar-refractivity contribution in [2.75, 3.05) is 13.7 Å². The molecule has 0 saturated heterocycles. The van der Waals surface area contributed by atoms with Crippen LogP contribution >= 0.6 is 11.8 Å². The molecule has 2 N–H and O–H groups in total. The van der Waals surface area contributed by atoms with Crippen molar-refractivity contribution in [2.45, 2.75) is 24.3 Å². The molecule has 5 heteroatoms. The number of aryl methyl sites for hydroxylation is 2. The maximum Gasteiger partial charge on any atom is 0.188 e. The van der Waals surface area contributed by atoms with E-state index in [2.05, 4.69) is 16.0 Å². The van der Waals surface area contributed by atoms with Crippen LogP contribution in [0.1, 0.15) is 22.2 Å². The Labute approximate surface area is 123 Å². The largest absolute Gasteiger partial charge is 0.497 e. The molecule has 1 heterocycles. The minimum absolute atomic E-state index is 0.117. The molecule has 0 aliphatic heterocycles. The number of benzene rings is 1. The number of rotatable bonds is 5. The number of nitrogens with two attached hydrogens (primary N) is 1. The van der Waals surface area contributed by atoms with Crippen LogP contribution in [0, 0.1) is 13.8 Å². The third-order valence-corrected chi connectivity index (χ3v) is 4.03. The van der Waals surface area contributed by atoms with Gasteiger partial charge in [0.1, 0.15) is 5.75 Å². The lowest BCUT2D eigenvalue weighted by molar-refractivity contribution is 0.414. The van der Waals surface area contributed by atoms with Gasteiger partial charge in [-0.1, -0.05) is 23.9 Å². The highest BCUT2D eigenvalue weighted by atomic mass is 32.2. The van der Waals surface area contributed by atoms with Crippen molar-refractivity contribution >= 4 is 11.8 Å². The van der Waals surface area contributed by atoms with E-state index in [0.29, 0.717) is 6.54 Å². The first-order chi connectivity index (χ1) is 9.62. The molecular weight excluding hydrogens is 270 g/mol. The topological polar surface area (TPSA) is 61.0 Å². The molecular formula is C15H19N3OS. The molecule has 106 valence electrons. The molecule has 0 aliphatic rings. The quantitative estimate of drug-likeness (QED) is 0.677. The Balaban J connectivity index is 2.23. The Kier molecular flexibility index (Phi) is 4.98. The number of nitrogens with zero attached hydrogens (tertiary/aromatic N) is 2. The predicted molar refractivity (Wildman–Crippen MR) is 82.2 cm³/mol. The third-order valence-electron chi connectivity index (χ3n) is 2.89. The minimum atomic E-state index is 0.117. The minimum Gasteiger partial charge on any atom is -0.497 e. The van der Waals surface area contributed by atoms with Crippen molar-refractivity contribution in [1.82, 2.24) is 9.97 Å². The Bertz CT molecular complexity index is 569. The molecule has 20 heavy (non-hydrogen) atoms. The molecule has 1 aromatic heterocycles.